The fraction of sp³-hybridized carbons (Fsp3) is 0.556. The summed E-state index contributed by atoms with van der Waals surface area (Å²) in [6.45, 7) is 5.56. The second-order valence-electron chi connectivity index (χ2n) is 9.70. The maximum atomic E-state index is 13.5. The lowest BCUT2D eigenvalue weighted by Gasteiger charge is -2.41. The van der Waals surface area contributed by atoms with Crippen LogP contribution in [0.15, 0.2) is 48.5 Å². The van der Waals surface area contributed by atoms with Crippen molar-refractivity contribution in [2.45, 2.75) is 37.3 Å². The van der Waals surface area contributed by atoms with Crippen molar-refractivity contribution in [3.05, 3.63) is 71.0 Å². The van der Waals surface area contributed by atoms with Crippen LogP contribution in [0.3, 0.4) is 0 Å². The zero-order valence-electron chi connectivity index (χ0n) is 19.0. The van der Waals surface area contributed by atoms with Crippen molar-refractivity contribution in [1.29, 1.82) is 0 Å². The highest BCUT2D eigenvalue weighted by atomic mass is 19.1. The van der Waals surface area contributed by atoms with Gasteiger partial charge in [-0.15, -0.1) is 0 Å². The molecule has 0 amide bonds. The van der Waals surface area contributed by atoms with E-state index in [1.165, 1.54) is 23.3 Å². The molecule has 6 rings (SSSR count). The molecule has 0 saturated carbocycles. The van der Waals surface area contributed by atoms with E-state index in [0.29, 0.717) is 32.3 Å². The summed E-state index contributed by atoms with van der Waals surface area (Å²) in [5.74, 6) is -0.897. The van der Waals surface area contributed by atoms with Crippen molar-refractivity contribution in [2.75, 3.05) is 46.1 Å². The van der Waals surface area contributed by atoms with E-state index >= 15 is 0 Å². The first-order chi connectivity index (χ1) is 16.2. The number of ether oxygens (including phenoxy) is 4. The molecule has 0 bridgehead atoms. The highest BCUT2D eigenvalue weighted by Gasteiger charge is 2.51. The van der Waals surface area contributed by atoms with E-state index in [0.717, 1.165) is 50.9 Å². The topological polar surface area (TPSA) is 40.2 Å². The number of rotatable bonds is 5. The third-order valence-corrected chi connectivity index (χ3v) is 7.99. The molecule has 33 heavy (non-hydrogen) atoms. The van der Waals surface area contributed by atoms with Gasteiger partial charge in [-0.1, -0.05) is 36.4 Å². The number of nitrogens with zero attached hydrogens (tertiary/aromatic N) is 1. The number of hydrogen-bond donors (Lipinski definition) is 0. The van der Waals surface area contributed by atoms with Gasteiger partial charge in [0.2, 0.25) is 0 Å². The molecule has 2 aromatic carbocycles. The molecule has 6 heteroatoms. The van der Waals surface area contributed by atoms with Gasteiger partial charge in [-0.25, -0.2) is 4.39 Å². The van der Waals surface area contributed by atoms with E-state index < -0.39 is 11.6 Å². The fourth-order valence-corrected chi connectivity index (χ4v) is 6.39. The van der Waals surface area contributed by atoms with Crippen LogP contribution in [0.1, 0.15) is 36.0 Å². The summed E-state index contributed by atoms with van der Waals surface area (Å²) in [4.78, 5) is 2.55. The summed E-state index contributed by atoms with van der Waals surface area (Å²) in [7, 11) is 0. The molecule has 176 valence electrons. The SMILES string of the molecule is Fc1ccc(C2(C3CCN(CCC4Cc5ccccc5C45OCCO5)CC3)OCCO2)cc1. The summed E-state index contributed by atoms with van der Waals surface area (Å²) in [5, 5.41) is 0. The average molecular weight is 454 g/mol. The molecule has 2 aromatic rings. The van der Waals surface area contributed by atoms with E-state index in [9.17, 15) is 4.39 Å². The van der Waals surface area contributed by atoms with E-state index in [2.05, 4.69) is 29.2 Å². The van der Waals surface area contributed by atoms with Gasteiger partial charge >= 0.3 is 0 Å². The van der Waals surface area contributed by atoms with Crippen molar-refractivity contribution < 1.29 is 23.3 Å². The number of piperidine rings is 1. The predicted octanol–water partition coefficient (Wildman–Crippen LogP) is 4.20. The summed E-state index contributed by atoms with van der Waals surface area (Å²) < 4.78 is 38.3. The Labute approximate surface area is 194 Å². The maximum Gasteiger partial charge on any atom is 0.198 e. The summed E-state index contributed by atoms with van der Waals surface area (Å²) in [5.41, 5.74) is 3.52. The Morgan fingerprint density at radius 2 is 1.45 bits per heavy atom. The Hall–Kier alpha value is -1.83. The number of hydrogen-bond acceptors (Lipinski definition) is 5. The highest BCUT2D eigenvalue weighted by molar-refractivity contribution is 5.37. The molecular formula is C27H32FNO4. The van der Waals surface area contributed by atoms with Gasteiger partial charge in [0.05, 0.1) is 26.4 Å². The van der Waals surface area contributed by atoms with E-state index in [-0.39, 0.29) is 11.7 Å². The van der Waals surface area contributed by atoms with Crippen LogP contribution < -0.4 is 0 Å². The minimum Gasteiger partial charge on any atom is -0.343 e. The average Bonchev–Trinajstić information content (AvgIpc) is 3.60. The largest absolute Gasteiger partial charge is 0.343 e. The first kappa shape index (κ1) is 21.7. The van der Waals surface area contributed by atoms with E-state index in [1.807, 2.05) is 12.1 Å². The minimum absolute atomic E-state index is 0.233. The Morgan fingerprint density at radius 3 is 2.15 bits per heavy atom. The normalized spacial score (nSPS) is 26.8. The van der Waals surface area contributed by atoms with Gasteiger partial charge in [-0.05, 0) is 63.0 Å². The van der Waals surface area contributed by atoms with Crippen molar-refractivity contribution in [3.8, 4) is 0 Å². The molecule has 0 N–H and O–H groups in total. The lowest BCUT2D eigenvalue weighted by Crippen LogP contribution is -2.45. The first-order valence-electron chi connectivity index (χ1n) is 12.3. The quantitative estimate of drug-likeness (QED) is 0.679. The summed E-state index contributed by atoms with van der Waals surface area (Å²) >= 11 is 0. The van der Waals surface area contributed by atoms with Crippen LogP contribution in [-0.4, -0.2) is 51.0 Å². The molecule has 0 radical (unpaired) electrons. The molecular weight excluding hydrogens is 421 g/mol. The second-order valence-corrected chi connectivity index (χ2v) is 9.70. The monoisotopic (exact) mass is 453 g/mol. The van der Waals surface area contributed by atoms with Gasteiger partial charge in [0, 0.05) is 23.0 Å². The third kappa shape index (κ3) is 3.72. The van der Waals surface area contributed by atoms with Gasteiger partial charge in [0.15, 0.2) is 11.6 Å². The van der Waals surface area contributed by atoms with E-state index in [1.54, 1.807) is 0 Å². The molecule has 4 aliphatic rings. The number of halogens is 1. The minimum atomic E-state index is -0.734. The van der Waals surface area contributed by atoms with Crippen LogP contribution >= 0.6 is 0 Å². The van der Waals surface area contributed by atoms with Crippen molar-refractivity contribution in [3.63, 3.8) is 0 Å². The maximum absolute atomic E-state index is 13.5. The van der Waals surface area contributed by atoms with Crippen LogP contribution in [0.2, 0.25) is 0 Å². The number of likely N-dealkylation sites (tertiary alicyclic amines) is 1. The molecule has 1 aliphatic carbocycles. The van der Waals surface area contributed by atoms with Gasteiger partial charge in [0.1, 0.15) is 5.82 Å². The lowest BCUT2D eigenvalue weighted by molar-refractivity contribution is -0.215. The summed E-state index contributed by atoms with van der Waals surface area (Å²) in [6.07, 6.45) is 4.07. The number of fused-ring (bicyclic) bond motifs is 2. The molecule has 1 atom stereocenters. The Morgan fingerprint density at radius 1 is 0.818 bits per heavy atom. The van der Waals surface area contributed by atoms with Gasteiger partial charge in [0.25, 0.3) is 0 Å². The second kappa shape index (κ2) is 8.75. The van der Waals surface area contributed by atoms with Crippen LogP contribution in [-0.2, 0) is 36.9 Å². The molecule has 3 heterocycles. The third-order valence-electron chi connectivity index (χ3n) is 7.99. The Bertz CT molecular complexity index is 960. The first-order valence-corrected chi connectivity index (χ1v) is 12.3. The van der Waals surface area contributed by atoms with Crippen LogP contribution in [0.4, 0.5) is 4.39 Å². The molecule has 3 aliphatic heterocycles. The zero-order valence-corrected chi connectivity index (χ0v) is 19.0. The van der Waals surface area contributed by atoms with Crippen molar-refractivity contribution in [2.24, 2.45) is 11.8 Å². The predicted molar refractivity (Wildman–Crippen MR) is 121 cm³/mol. The molecule has 1 spiro atoms. The molecule has 0 aromatic heterocycles. The number of benzene rings is 2. The summed E-state index contributed by atoms with van der Waals surface area (Å²) in [6, 6.07) is 15.2. The molecule has 5 nitrogen and oxygen atoms in total. The zero-order chi connectivity index (χ0) is 22.3. The van der Waals surface area contributed by atoms with Crippen molar-refractivity contribution in [1.82, 2.24) is 4.90 Å². The highest BCUT2D eigenvalue weighted by Crippen LogP contribution is 2.49. The fourth-order valence-electron chi connectivity index (χ4n) is 6.39. The van der Waals surface area contributed by atoms with Crippen LogP contribution in [0.25, 0.3) is 0 Å². The molecule has 3 fully saturated rings. The Balaban J connectivity index is 1.10. The standard InChI is InChI=1S/C27H32FNO4/c28-24-7-5-21(6-8-24)26(30-15-16-31-26)22-9-12-29(13-10-22)14-11-23-19-20-3-1-2-4-25(20)27(23)32-17-18-33-27/h1-8,22-23H,9-19H2. The van der Waals surface area contributed by atoms with Gasteiger partial charge < -0.3 is 23.8 Å². The van der Waals surface area contributed by atoms with Crippen LogP contribution in [0, 0.1) is 17.7 Å². The van der Waals surface area contributed by atoms with Gasteiger partial charge in [-0.3, -0.25) is 0 Å². The van der Waals surface area contributed by atoms with Crippen LogP contribution in [0.5, 0.6) is 0 Å². The van der Waals surface area contributed by atoms with Gasteiger partial charge in [-0.2, -0.15) is 0 Å². The lowest BCUT2D eigenvalue weighted by atomic mass is 9.83. The Kier molecular flexibility index (Phi) is 5.75. The molecule has 1 unspecified atom stereocenters. The smallest absolute Gasteiger partial charge is 0.198 e. The van der Waals surface area contributed by atoms with Crippen molar-refractivity contribution >= 4 is 0 Å². The molecule has 3 saturated heterocycles. The van der Waals surface area contributed by atoms with E-state index in [4.69, 9.17) is 18.9 Å².